The minimum absolute atomic E-state index is 0.205. The first-order valence-corrected chi connectivity index (χ1v) is 6.42. The number of fused-ring (bicyclic) bond motifs is 1. The summed E-state index contributed by atoms with van der Waals surface area (Å²) in [4.78, 5) is 11.6. The fourth-order valence-corrected chi connectivity index (χ4v) is 2.41. The fourth-order valence-electron chi connectivity index (χ4n) is 2.41. The van der Waals surface area contributed by atoms with Crippen LogP contribution in [0.4, 0.5) is 0 Å². The number of nitrogens with one attached hydrogen (secondary N) is 2. The monoisotopic (exact) mass is 230 g/mol. The molecule has 0 atom stereocenters. The third-order valence-electron chi connectivity index (χ3n) is 3.55. The highest BCUT2D eigenvalue weighted by molar-refractivity contribution is 5.76. The van der Waals surface area contributed by atoms with Crippen molar-refractivity contribution >= 4 is 5.91 Å². The van der Waals surface area contributed by atoms with Gasteiger partial charge in [-0.1, -0.05) is 18.2 Å². The van der Waals surface area contributed by atoms with E-state index in [4.69, 9.17) is 0 Å². The molecule has 1 heterocycles. The van der Waals surface area contributed by atoms with Crippen molar-refractivity contribution in [2.45, 2.75) is 44.8 Å². The minimum atomic E-state index is 0.205. The van der Waals surface area contributed by atoms with Gasteiger partial charge < -0.3 is 10.6 Å². The summed E-state index contributed by atoms with van der Waals surface area (Å²) in [7, 11) is 0. The summed E-state index contributed by atoms with van der Waals surface area (Å²) >= 11 is 0. The van der Waals surface area contributed by atoms with E-state index in [1.165, 1.54) is 16.7 Å². The Kier molecular flexibility index (Phi) is 2.85. The molecular formula is C14H18N2O. The number of carbonyl (C=O) groups is 1. The van der Waals surface area contributed by atoms with Gasteiger partial charge in [0.1, 0.15) is 0 Å². The maximum absolute atomic E-state index is 11.6. The number of benzene rings is 1. The van der Waals surface area contributed by atoms with Crippen LogP contribution in [0.2, 0.25) is 0 Å². The summed E-state index contributed by atoms with van der Waals surface area (Å²) in [6, 6.07) is 6.89. The first kappa shape index (κ1) is 10.8. The van der Waals surface area contributed by atoms with Crippen molar-refractivity contribution in [2.24, 2.45) is 0 Å². The zero-order chi connectivity index (χ0) is 11.7. The van der Waals surface area contributed by atoms with Gasteiger partial charge in [-0.15, -0.1) is 0 Å². The Morgan fingerprint density at radius 1 is 1.35 bits per heavy atom. The topological polar surface area (TPSA) is 41.1 Å². The lowest BCUT2D eigenvalue weighted by molar-refractivity contribution is -0.121. The van der Waals surface area contributed by atoms with E-state index in [0.29, 0.717) is 12.5 Å². The molecule has 1 aromatic rings. The highest BCUT2D eigenvalue weighted by Gasteiger charge is 2.23. The molecule has 0 saturated heterocycles. The molecule has 0 bridgehead atoms. The van der Waals surface area contributed by atoms with Crippen molar-refractivity contribution in [1.82, 2.24) is 10.6 Å². The number of hydrogen-bond acceptors (Lipinski definition) is 2. The number of aryl methyl sites for hydroxylation is 1. The second-order valence-corrected chi connectivity index (χ2v) is 5.00. The molecule has 17 heavy (non-hydrogen) atoms. The standard InChI is InChI=1S/C14H18N2O/c17-14(16-12-5-6-12)7-4-10-2-1-3-11-8-15-9-13(10)11/h1-3,12,15H,4-9H2,(H,16,17). The van der Waals surface area contributed by atoms with Crippen molar-refractivity contribution in [3.8, 4) is 0 Å². The van der Waals surface area contributed by atoms with Gasteiger partial charge >= 0.3 is 0 Å². The van der Waals surface area contributed by atoms with Crippen molar-refractivity contribution in [3.63, 3.8) is 0 Å². The van der Waals surface area contributed by atoms with Gasteiger partial charge in [-0.25, -0.2) is 0 Å². The van der Waals surface area contributed by atoms with Crippen molar-refractivity contribution in [3.05, 3.63) is 34.9 Å². The lowest BCUT2D eigenvalue weighted by Gasteiger charge is -2.08. The lowest BCUT2D eigenvalue weighted by atomic mass is 9.99. The second-order valence-electron chi connectivity index (χ2n) is 5.00. The van der Waals surface area contributed by atoms with Crippen LogP contribution in [-0.2, 0) is 24.3 Å². The van der Waals surface area contributed by atoms with E-state index < -0.39 is 0 Å². The van der Waals surface area contributed by atoms with Crippen LogP contribution in [0, 0.1) is 0 Å². The van der Waals surface area contributed by atoms with Gasteiger partial charge in [-0.2, -0.15) is 0 Å². The molecule has 0 unspecified atom stereocenters. The van der Waals surface area contributed by atoms with Gasteiger partial charge in [0.15, 0.2) is 0 Å². The van der Waals surface area contributed by atoms with Crippen LogP contribution in [0.3, 0.4) is 0 Å². The lowest BCUT2D eigenvalue weighted by Crippen LogP contribution is -2.25. The summed E-state index contributed by atoms with van der Waals surface area (Å²) in [5, 5.41) is 6.39. The fraction of sp³-hybridized carbons (Fsp3) is 0.500. The average Bonchev–Trinajstić information content (AvgIpc) is 3.00. The summed E-state index contributed by atoms with van der Waals surface area (Å²) in [6.07, 6.45) is 3.81. The molecule has 3 heteroatoms. The largest absolute Gasteiger partial charge is 0.353 e. The first-order valence-electron chi connectivity index (χ1n) is 6.42. The summed E-state index contributed by atoms with van der Waals surface area (Å²) in [5.41, 5.74) is 4.13. The van der Waals surface area contributed by atoms with Crippen LogP contribution in [-0.4, -0.2) is 11.9 Å². The van der Waals surface area contributed by atoms with Crippen LogP contribution in [0.5, 0.6) is 0 Å². The quantitative estimate of drug-likeness (QED) is 0.823. The van der Waals surface area contributed by atoms with Gasteiger partial charge in [0, 0.05) is 25.6 Å². The Bertz CT molecular complexity index is 438. The number of hydrogen-bond donors (Lipinski definition) is 2. The predicted octanol–water partition coefficient (Wildman–Crippen LogP) is 1.50. The molecule has 2 aliphatic rings. The number of carbonyl (C=O) groups excluding carboxylic acids is 1. The Hall–Kier alpha value is -1.35. The van der Waals surface area contributed by atoms with Crippen molar-refractivity contribution < 1.29 is 4.79 Å². The van der Waals surface area contributed by atoms with Crippen LogP contribution >= 0.6 is 0 Å². The third kappa shape index (κ3) is 2.50. The molecule has 0 spiro atoms. The van der Waals surface area contributed by atoms with Gasteiger partial charge in [-0.05, 0) is 36.0 Å². The molecule has 1 saturated carbocycles. The molecule has 2 N–H and O–H groups in total. The Balaban J connectivity index is 1.61. The second kappa shape index (κ2) is 4.49. The molecule has 3 rings (SSSR count). The Morgan fingerprint density at radius 2 is 2.24 bits per heavy atom. The van der Waals surface area contributed by atoms with Gasteiger partial charge in [0.25, 0.3) is 0 Å². The van der Waals surface area contributed by atoms with E-state index >= 15 is 0 Å². The molecule has 1 aromatic carbocycles. The summed E-state index contributed by atoms with van der Waals surface area (Å²) in [5.74, 6) is 0.205. The number of rotatable bonds is 4. The molecule has 1 aliphatic heterocycles. The molecule has 3 nitrogen and oxygen atoms in total. The summed E-state index contributed by atoms with van der Waals surface area (Å²) in [6.45, 7) is 1.92. The molecular weight excluding hydrogens is 212 g/mol. The van der Waals surface area contributed by atoms with Crippen LogP contribution in [0.15, 0.2) is 18.2 Å². The molecule has 0 radical (unpaired) electrons. The highest BCUT2D eigenvalue weighted by atomic mass is 16.1. The molecule has 1 amide bonds. The van der Waals surface area contributed by atoms with E-state index in [-0.39, 0.29) is 5.91 Å². The van der Waals surface area contributed by atoms with Crippen LogP contribution in [0.1, 0.15) is 36.0 Å². The molecule has 1 aliphatic carbocycles. The average molecular weight is 230 g/mol. The Morgan fingerprint density at radius 3 is 3.06 bits per heavy atom. The molecule has 90 valence electrons. The Labute approximate surface area is 102 Å². The zero-order valence-corrected chi connectivity index (χ0v) is 9.96. The van der Waals surface area contributed by atoms with Gasteiger partial charge in [-0.3, -0.25) is 4.79 Å². The normalized spacial score (nSPS) is 17.9. The van der Waals surface area contributed by atoms with Crippen molar-refractivity contribution in [1.29, 1.82) is 0 Å². The van der Waals surface area contributed by atoms with E-state index in [2.05, 4.69) is 28.8 Å². The highest BCUT2D eigenvalue weighted by Crippen LogP contribution is 2.22. The van der Waals surface area contributed by atoms with E-state index in [9.17, 15) is 4.79 Å². The minimum Gasteiger partial charge on any atom is -0.353 e. The van der Waals surface area contributed by atoms with Crippen LogP contribution in [0.25, 0.3) is 0 Å². The van der Waals surface area contributed by atoms with E-state index in [0.717, 1.165) is 32.4 Å². The van der Waals surface area contributed by atoms with Crippen LogP contribution < -0.4 is 10.6 Å². The third-order valence-corrected chi connectivity index (χ3v) is 3.55. The van der Waals surface area contributed by atoms with Crippen molar-refractivity contribution in [2.75, 3.05) is 0 Å². The van der Waals surface area contributed by atoms with Gasteiger partial charge in [0.2, 0.25) is 5.91 Å². The van der Waals surface area contributed by atoms with E-state index in [1.54, 1.807) is 0 Å². The first-order chi connectivity index (χ1) is 8.33. The maximum Gasteiger partial charge on any atom is 0.220 e. The predicted molar refractivity (Wildman–Crippen MR) is 66.5 cm³/mol. The zero-order valence-electron chi connectivity index (χ0n) is 9.96. The van der Waals surface area contributed by atoms with Gasteiger partial charge in [0.05, 0.1) is 0 Å². The number of amides is 1. The van der Waals surface area contributed by atoms with E-state index in [1.807, 2.05) is 0 Å². The SMILES string of the molecule is O=C(CCc1cccc2c1CNC2)NC1CC1. The smallest absolute Gasteiger partial charge is 0.220 e. The molecule has 0 aromatic heterocycles. The molecule has 1 fully saturated rings. The summed E-state index contributed by atoms with van der Waals surface area (Å²) < 4.78 is 0. The maximum atomic E-state index is 11.6.